The number of aliphatic hydroxyl groups is 1. The summed E-state index contributed by atoms with van der Waals surface area (Å²) in [6.45, 7) is 1.72. The van der Waals surface area contributed by atoms with Gasteiger partial charge < -0.3 is 14.3 Å². The molecule has 0 aliphatic carbocycles. The highest BCUT2D eigenvalue weighted by molar-refractivity contribution is 5.73. The maximum Gasteiger partial charge on any atom is 0.419 e. The van der Waals surface area contributed by atoms with E-state index >= 15 is 0 Å². The Morgan fingerprint density at radius 2 is 2.19 bits per heavy atom. The molecule has 0 amide bonds. The van der Waals surface area contributed by atoms with Crippen molar-refractivity contribution in [2.75, 3.05) is 13.2 Å². The highest BCUT2D eigenvalue weighted by atomic mass is 19.3. The van der Waals surface area contributed by atoms with Gasteiger partial charge in [-0.05, 0) is 24.6 Å². The van der Waals surface area contributed by atoms with Gasteiger partial charge in [-0.3, -0.25) is 4.57 Å². The van der Waals surface area contributed by atoms with Crippen LogP contribution in [0.1, 0.15) is 25.0 Å². The molecular formula is C14H17F2NO4. The molecule has 2 aromatic rings. The summed E-state index contributed by atoms with van der Waals surface area (Å²) in [6, 6.07) is 4.96. The average molecular weight is 301 g/mol. The molecule has 21 heavy (non-hydrogen) atoms. The zero-order chi connectivity index (χ0) is 15.4. The second-order valence-electron chi connectivity index (χ2n) is 4.61. The average Bonchev–Trinajstić information content (AvgIpc) is 2.77. The van der Waals surface area contributed by atoms with E-state index in [1.807, 2.05) is 6.92 Å². The summed E-state index contributed by atoms with van der Waals surface area (Å²) in [4.78, 5) is 11.6. The van der Waals surface area contributed by atoms with E-state index in [2.05, 4.69) is 0 Å². The quantitative estimate of drug-likeness (QED) is 0.797. The van der Waals surface area contributed by atoms with Crippen LogP contribution in [-0.2, 0) is 11.3 Å². The number of halogens is 2. The standard InChI is InChI=1S/C14H17F2NO4/c1-2-17-10-4-3-9(7-12(10)21-14(17)19)11(18)5-6-20-8-13(15)16/h3-4,7,11,13,18H,2,5-6,8H2,1H3. The molecule has 1 unspecified atom stereocenters. The number of hydrogen-bond acceptors (Lipinski definition) is 4. The van der Waals surface area contributed by atoms with Crippen LogP contribution in [0.5, 0.6) is 0 Å². The van der Waals surface area contributed by atoms with E-state index < -0.39 is 24.9 Å². The van der Waals surface area contributed by atoms with Crippen LogP contribution >= 0.6 is 0 Å². The van der Waals surface area contributed by atoms with Crippen LogP contribution in [0.3, 0.4) is 0 Å². The first-order chi connectivity index (χ1) is 10.0. The molecule has 0 spiro atoms. The number of alkyl halides is 2. The number of aliphatic hydroxyl groups excluding tert-OH is 1. The highest BCUT2D eigenvalue weighted by Gasteiger charge is 2.13. The molecule has 0 saturated carbocycles. The van der Waals surface area contributed by atoms with Gasteiger partial charge in [0, 0.05) is 19.6 Å². The van der Waals surface area contributed by atoms with E-state index in [4.69, 9.17) is 9.15 Å². The number of hydrogen-bond donors (Lipinski definition) is 1. The summed E-state index contributed by atoms with van der Waals surface area (Å²) in [7, 11) is 0. The summed E-state index contributed by atoms with van der Waals surface area (Å²) in [5.74, 6) is -0.445. The zero-order valence-electron chi connectivity index (χ0n) is 11.6. The number of oxazole rings is 1. The van der Waals surface area contributed by atoms with Gasteiger partial charge in [-0.2, -0.15) is 0 Å². The third-order valence-electron chi connectivity index (χ3n) is 3.17. The Labute approximate surface area is 119 Å². The molecule has 0 saturated heterocycles. The Morgan fingerprint density at radius 3 is 2.86 bits per heavy atom. The van der Waals surface area contributed by atoms with Crippen LogP contribution in [0.25, 0.3) is 11.1 Å². The molecule has 2 rings (SSSR count). The second kappa shape index (κ2) is 6.82. The van der Waals surface area contributed by atoms with Crippen molar-refractivity contribution in [1.29, 1.82) is 0 Å². The molecule has 1 aromatic heterocycles. The molecule has 0 aliphatic heterocycles. The van der Waals surface area contributed by atoms with Gasteiger partial charge >= 0.3 is 5.76 Å². The number of benzene rings is 1. The van der Waals surface area contributed by atoms with E-state index in [0.717, 1.165) is 0 Å². The molecule has 1 N–H and O–H groups in total. The molecule has 116 valence electrons. The Hall–Kier alpha value is -1.73. The Bertz CT molecular complexity index is 650. The number of aryl methyl sites for hydroxylation is 1. The van der Waals surface area contributed by atoms with Gasteiger partial charge in [-0.15, -0.1) is 0 Å². The number of nitrogens with zero attached hydrogens (tertiary/aromatic N) is 1. The Morgan fingerprint density at radius 1 is 1.43 bits per heavy atom. The lowest BCUT2D eigenvalue weighted by molar-refractivity contribution is 0.00482. The monoisotopic (exact) mass is 301 g/mol. The fourth-order valence-electron chi connectivity index (χ4n) is 2.12. The van der Waals surface area contributed by atoms with E-state index in [-0.39, 0.29) is 13.0 Å². The molecule has 5 nitrogen and oxygen atoms in total. The van der Waals surface area contributed by atoms with Crippen molar-refractivity contribution in [2.45, 2.75) is 32.4 Å². The zero-order valence-corrected chi connectivity index (χ0v) is 11.6. The predicted octanol–water partition coefficient (Wildman–Crippen LogP) is 2.32. The van der Waals surface area contributed by atoms with Gasteiger partial charge in [-0.25, -0.2) is 13.6 Å². The first-order valence-electron chi connectivity index (χ1n) is 6.70. The van der Waals surface area contributed by atoms with Crippen molar-refractivity contribution in [3.05, 3.63) is 34.3 Å². The molecule has 1 atom stereocenters. The fraction of sp³-hybridized carbons (Fsp3) is 0.500. The van der Waals surface area contributed by atoms with Crippen molar-refractivity contribution in [2.24, 2.45) is 0 Å². The summed E-state index contributed by atoms with van der Waals surface area (Å²) in [5, 5.41) is 9.98. The van der Waals surface area contributed by atoms with Crippen LogP contribution in [0.15, 0.2) is 27.4 Å². The van der Waals surface area contributed by atoms with Crippen LogP contribution in [0, 0.1) is 0 Å². The topological polar surface area (TPSA) is 64.6 Å². The van der Waals surface area contributed by atoms with Crippen molar-refractivity contribution < 1.29 is 23.0 Å². The van der Waals surface area contributed by atoms with Crippen LogP contribution in [0.4, 0.5) is 8.78 Å². The van der Waals surface area contributed by atoms with Gasteiger partial charge in [0.25, 0.3) is 6.43 Å². The maximum atomic E-state index is 11.9. The van der Waals surface area contributed by atoms with Crippen LogP contribution < -0.4 is 5.76 Å². The maximum absolute atomic E-state index is 11.9. The number of ether oxygens (including phenoxy) is 1. The third-order valence-corrected chi connectivity index (χ3v) is 3.17. The molecule has 7 heteroatoms. The van der Waals surface area contributed by atoms with Gasteiger partial charge in [0.1, 0.15) is 6.61 Å². The smallest absolute Gasteiger partial charge is 0.408 e. The van der Waals surface area contributed by atoms with Gasteiger partial charge in [0.05, 0.1) is 11.6 Å². The molecule has 1 heterocycles. The molecule has 0 fully saturated rings. The third kappa shape index (κ3) is 3.68. The predicted molar refractivity (Wildman–Crippen MR) is 72.5 cm³/mol. The normalized spacial score (nSPS) is 13.2. The number of aromatic nitrogens is 1. The molecule has 0 aliphatic rings. The molecule has 0 bridgehead atoms. The van der Waals surface area contributed by atoms with E-state index in [1.54, 1.807) is 18.2 Å². The van der Waals surface area contributed by atoms with Crippen LogP contribution in [-0.4, -0.2) is 29.3 Å². The van der Waals surface area contributed by atoms with E-state index in [1.165, 1.54) is 4.57 Å². The van der Waals surface area contributed by atoms with Crippen molar-refractivity contribution in [1.82, 2.24) is 4.57 Å². The summed E-state index contributed by atoms with van der Waals surface area (Å²) < 4.78 is 35.1. The second-order valence-corrected chi connectivity index (χ2v) is 4.61. The lowest BCUT2D eigenvalue weighted by atomic mass is 10.1. The highest BCUT2D eigenvalue weighted by Crippen LogP contribution is 2.22. The summed E-state index contributed by atoms with van der Waals surface area (Å²) in [6.07, 6.45) is -3.18. The SMILES string of the molecule is CCn1c(=O)oc2cc(C(O)CCOCC(F)F)ccc21. The molecule has 1 aromatic carbocycles. The first kappa shape index (κ1) is 15.7. The minimum absolute atomic E-state index is 0.0312. The van der Waals surface area contributed by atoms with Crippen molar-refractivity contribution >= 4 is 11.1 Å². The van der Waals surface area contributed by atoms with E-state index in [9.17, 15) is 18.7 Å². The minimum atomic E-state index is -2.51. The molecule has 0 radical (unpaired) electrons. The Balaban J connectivity index is 2.06. The van der Waals surface area contributed by atoms with Crippen molar-refractivity contribution in [3.63, 3.8) is 0 Å². The number of fused-ring (bicyclic) bond motifs is 1. The first-order valence-corrected chi connectivity index (χ1v) is 6.70. The fourth-order valence-corrected chi connectivity index (χ4v) is 2.12. The molecular weight excluding hydrogens is 284 g/mol. The number of rotatable bonds is 7. The van der Waals surface area contributed by atoms with Crippen LogP contribution in [0.2, 0.25) is 0 Å². The minimum Gasteiger partial charge on any atom is -0.408 e. The van der Waals surface area contributed by atoms with Crippen molar-refractivity contribution in [3.8, 4) is 0 Å². The Kier molecular flexibility index (Phi) is 5.08. The lowest BCUT2D eigenvalue weighted by Gasteiger charge is -2.11. The van der Waals surface area contributed by atoms with Gasteiger partial charge in [0.15, 0.2) is 5.58 Å². The van der Waals surface area contributed by atoms with Gasteiger partial charge in [0.2, 0.25) is 0 Å². The largest absolute Gasteiger partial charge is 0.419 e. The summed E-state index contributed by atoms with van der Waals surface area (Å²) >= 11 is 0. The van der Waals surface area contributed by atoms with Gasteiger partial charge in [-0.1, -0.05) is 6.07 Å². The summed E-state index contributed by atoms with van der Waals surface area (Å²) in [5.41, 5.74) is 1.61. The lowest BCUT2D eigenvalue weighted by Crippen LogP contribution is -2.12. The van der Waals surface area contributed by atoms with E-state index in [0.29, 0.717) is 23.2 Å².